The largest absolute Gasteiger partial charge is 0.478 e. The van der Waals surface area contributed by atoms with E-state index in [-0.39, 0.29) is 22.8 Å². The van der Waals surface area contributed by atoms with E-state index in [0.717, 1.165) is 5.69 Å². The van der Waals surface area contributed by atoms with Gasteiger partial charge in [0.15, 0.2) is 5.78 Å². The van der Waals surface area contributed by atoms with Gasteiger partial charge in [-0.2, -0.15) is 0 Å². The van der Waals surface area contributed by atoms with E-state index >= 15 is 0 Å². The monoisotopic (exact) mass is 431 g/mol. The minimum atomic E-state index is -3.48. The molecule has 160 valence electrons. The molecule has 0 radical (unpaired) electrons. The van der Waals surface area contributed by atoms with Crippen molar-refractivity contribution in [1.82, 2.24) is 0 Å². The Morgan fingerprint density at radius 2 is 1.60 bits per heavy atom. The smallest absolute Gasteiger partial charge is 0.337 e. The lowest BCUT2D eigenvalue weighted by molar-refractivity contribution is 0.0697. The van der Waals surface area contributed by atoms with E-state index in [9.17, 15) is 23.1 Å². The summed E-state index contributed by atoms with van der Waals surface area (Å²) in [5, 5.41) is 9.64. The maximum absolute atomic E-state index is 11.8. The molecule has 0 bridgehead atoms. The molecule has 1 saturated heterocycles. The molecule has 9 heteroatoms. The summed E-state index contributed by atoms with van der Waals surface area (Å²) in [4.78, 5) is 27.4. The Kier molecular flexibility index (Phi) is 6.31. The molecule has 0 saturated carbocycles. The number of benzene rings is 2. The van der Waals surface area contributed by atoms with Crippen LogP contribution < -0.4 is 14.5 Å². The second-order valence-electron chi connectivity index (χ2n) is 7.12. The number of aromatic carboxylic acids is 1. The fraction of sp³-hybridized carbons (Fsp3) is 0.333. The van der Waals surface area contributed by atoms with Gasteiger partial charge in [0.05, 0.1) is 17.0 Å². The van der Waals surface area contributed by atoms with Crippen LogP contribution in [0.3, 0.4) is 0 Å². The minimum absolute atomic E-state index is 0.0252. The molecule has 2 aromatic rings. The first-order valence-electron chi connectivity index (χ1n) is 9.69. The fourth-order valence-electron chi connectivity index (χ4n) is 3.41. The average Bonchev–Trinajstić information content (AvgIpc) is 2.73. The standard InChI is InChI=1S/C21H25N3O5S/c1-3-30(28,29)22-17-6-9-20(19(14-17)21(26)27)24-12-10-23(11-13-24)18-7-4-16(5-8-18)15(2)25/h4-9,14,22H,3,10-13H2,1-2H3,(H,26,27). The van der Waals surface area contributed by atoms with Crippen LogP contribution in [0, 0.1) is 0 Å². The third-order valence-corrected chi connectivity index (χ3v) is 6.45. The van der Waals surface area contributed by atoms with Crippen LogP contribution in [0.4, 0.5) is 17.1 Å². The zero-order chi connectivity index (χ0) is 21.9. The molecule has 0 spiro atoms. The van der Waals surface area contributed by atoms with Crippen LogP contribution in [0.5, 0.6) is 0 Å². The molecular formula is C21H25N3O5S. The van der Waals surface area contributed by atoms with Gasteiger partial charge < -0.3 is 14.9 Å². The Labute approximate surface area is 176 Å². The molecule has 1 heterocycles. The Hall–Kier alpha value is -3.07. The fourth-order valence-corrected chi connectivity index (χ4v) is 4.04. The van der Waals surface area contributed by atoms with Crippen LogP contribution in [-0.2, 0) is 10.0 Å². The Morgan fingerprint density at radius 3 is 2.13 bits per heavy atom. The van der Waals surface area contributed by atoms with Crippen LogP contribution in [0.1, 0.15) is 34.6 Å². The summed E-state index contributed by atoms with van der Waals surface area (Å²) in [6.07, 6.45) is 0. The number of sulfonamides is 1. The number of nitrogens with zero attached hydrogens (tertiary/aromatic N) is 2. The van der Waals surface area contributed by atoms with E-state index < -0.39 is 16.0 Å². The lowest BCUT2D eigenvalue weighted by atomic mass is 10.1. The quantitative estimate of drug-likeness (QED) is 0.649. The summed E-state index contributed by atoms with van der Waals surface area (Å²) in [6.45, 7) is 5.68. The molecule has 30 heavy (non-hydrogen) atoms. The van der Waals surface area contributed by atoms with E-state index in [1.807, 2.05) is 29.2 Å². The highest BCUT2D eigenvalue weighted by atomic mass is 32.2. The van der Waals surface area contributed by atoms with Gasteiger partial charge in [0.1, 0.15) is 0 Å². The third-order valence-electron chi connectivity index (χ3n) is 5.14. The van der Waals surface area contributed by atoms with Gasteiger partial charge in [0, 0.05) is 43.1 Å². The summed E-state index contributed by atoms with van der Waals surface area (Å²) in [7, 11) is -3.48. The van der Waals surface area contributed by atoms with E-state index in [2.05, 4.69) is 9.62 Å². The first kappa shape index (κ1) is 21.6. The van der Waals surface area contributed by atoms with Crippen molar-refractivity contribution in [2.45, 2.75) is 13.8 Å². The highest BCUT2D eigenvalue weighted by molar-refractivity contribution is 7.92. The predicted molar refractivity (Wildman–Crippen MR) is 117 cm³/mol. The van der Waals surface area contributed by atoms with Crippen molar-refractivity contribution in [1.29, 1.82) is 0 Å². The number of carbonyl (C=O) groups is 2. The van der Waals surface area contributed by atoms with Crippen LogP contribution in [0.15, 0.2) is 42.5 Å². The number of Topliss-reactive ketones (excluding diaryl/α,β-unsaturated/α-hetero) is 1. The van der Waals surface area contributed by atoms with Crippen LogP contribution in [0.2, 0.25) is 0 Å². The summed E-state index contributed by atoms with van der Waals surface area (Å²) >= 11 is 0. The zero-order valence-electron chi connectivity index (χ0n) is 17.0. The van der Waals surface area contributed by atoms with Crippen molar-refractivity contribution < 1.29 is 23.1 Å². The molecule has 0 amide bonds. The molecule has 1 aliphatic rings. The topological polar surface area (TPSA) is 107 Å². The lowest BCUT2D eigenvalue weighted by Gasteiger charge is -2.38. The Balaban J connectivity index is 1.74. The number of carboxylic acid groups (broad SMARTS) is 1. The van der Waals surface area contributed by atoms with E-state index in [1.165, 1.54) is 19.9 Å². The summed E-state index contributed by atoms with van der Waals surface area (Å²) < 4.78 is 25.9. The molecule has 1 fully saturated rings. The molecular weight excluding hydrogens is 406 g/mol. The normalized spacial score (nSPS) is 14.5. The van der Waals surface area contributed by atoms with Gasteiger partial charge in [-0.05, 0) is 56.3 Å². The van der Waals surface area contributed by atoms with Gasteiger partial charge >= 0.3 is 5.97 Å². The highest BCUT2D eigenvalue weighted by Crippen LogP contribution is 2.27. The van der Waals surface area contributed by atoms with Gasteiger partial charge in [-0.1, -0.05) is 0 Å². The van der Waals surface area contributed by atoms with Crippen molar-refractivity contribution in [2.75, 3.05) is 46.5 Å². The summed E-state index contributed by atoms with van der Waals surface area (Å²) in [6, 6.07) is 12.0. The number of hydrogen-bond donors (Lipinski definition) is 2. The summed E-state index contributed by atoms with van der Waals surface area (Å²) in [5.41, 5.74) is 2.55. The second kappa shape index (κ2) is 8.74. The molecule has 1 aliphatic heterocycles. The van der Waals surface area contributed by atoms with Gasteiger partial charge in [-0.3, -0.25) is 9.52 Å². The number of nitrogens with one attached hydrogen (secondary N) is 1. The number of anilines is 3. The minimum Gasteiger partial charge on any atom is -0.478 e. The van der Waals surface area contributed by atoms with Crippen molar-refractivity contribution in [3.8, 4) is 0 Å². The highest BCUT2D eigenvalue weighted by Gasteiger charge is 2.22. The Bertz CT molecular complexity index is 1040. The molecule has 0 aromatic heterocycles. The number of piperazine rings is 1. The molecule has 0 atom stereocenters. The zero-order valence-corrected chi connectivity index (χ0v) is 17.8. The van der Waals surface area contributed by atoms with Crippen molar-refractivity contribution >= 4 is 38.8 Å². The van der Waals surface area contributed by atoms with Crippen LogP contribution >= 0.6 is 0 Å². The molecule has 0 aliphatic carbocycles. The predicted octanol–water partition coefficient (Wildman–Crippen LogP) is 2.68. The lowest BCUT2D eigenvalue weighted by Crippen LogP contribution is -2.47. The molecule has 8 nitrogen and oxygen atoms in total. The number of carbonyl (C=O) groups excluding carboxylic acids is 1. The van der Waals surface area contributed by atoms with Gasteiger partial charge in [0.25, 0.3) is 0 Å². The first-order chi connectivity index (χ1) is 14.2. The number of rotatable bonds is 7. The maximum Gasteiger partial charge on any atom is 0.337 e. The average molecular weight is 432 g/mol. The van der Waals surface area contributed by atoms with Crippen LogP contribution in [0.25, 0.3) is 0 Å². The molecule has 0 unspecified atom stereocenters. The third kappa shape index (κ3) is 4.91. The number of ketones is 1. The number of carboxylic acids is 1. The maximum atomic E-state index is 11.8. The first-order valence-corrected chi connectivity index (χ1v) is 11.3. The number of hydrogen-bond acceptors (Lipinski definition) is 6. The van der Waals surface area contributed by atoms with E-state index in [4.69, 9.17) is 0 Å². The molecule has 3 rings (SSSR count). The summed E-state index contributed by atoms with van der Waals surface area (Å²) in [5.74, 6) is -1.17. The van der Waals surface area contributed by atoms with Crippen molar-refractivity contribution in [3.05, 3.63) is 53.6 Å². The van der Waals surface area contributed by atoms with Crippen molar-refractivity contribution in [3.63, 3.8) is 0 Å². The van der Waals surface area contributed by atoms with Crippen LogP contribution in [-0.4, -0.2) is 57.2 Å². The van der Waals surface area contributed by atoms with Gasteiger partial charge in [0.2, 0.25) is 10.0 Å². The van der Waals surface area contributed by atoms with E-state index in [0.29, 0.717) is 37.4 Å². The van der Waals surface area contributed by atoms with Gasteiger partial charge in [-0.25, -0.2) is 13.2 Å². The Morgan fingerprint density at radius 1 is 1.00 bits per heavy atom. The van der Waals surface area contributed by atoms with Crippen molar-refractivity contribution in [2.24, 2.45) is 0 Å². The second-order valence-corrected chi connectivity index (χ2v) is 9.13. The SMILES string of the molecule is CCS(=O)(=O)Nc1ccc(N2CCN(c3ccc(C(C)=O)cc3)CC2)c(C(=O)O)c1. The van der Waals surface area contributed by atoms with E-state index in [1.54, 1.807) is 12.1 Å². The van der Waals surface area contributed by atoms with Gasteiger partial charge in [-0.15, -0.1) is 0 Å². The molecule has 2 aromatic carbocycles. The molecule has 2 N–H and O–H groups in total.